The molecule has 74 valence electrons. The summed E-state index contributed by atoms with van der Waals surface area (Å²) < 4.78 is 4.60. The molecular formula is C7H11NO5. The van der Waals surface area contributed by atoms with Crippen molar-refractivity contribution in [3.05, 3.63) is 0 Å². The highest BCUT2D eigenvalue weighted by atomic mass is 16.7. The SMILES string of the molecule is O=C(O)COCC(=O)N1CCCO1. The van der Waals surface area contributed by atoms with E-state index in [1.165, 1.54) is 5.06 Å². The number of hydroxylamine groups is 2. The van der Waals surface area contributed by atoms with Gasteiger partial charge in [-0.05, 0) is 6.42 Å². The van der Waals surface area contributed by atoms with Gasteiger partial charge in [-0.2, -0.15) is 0 Å². The molecule has 6 heteroatoms. The molecule has 1 rings (SSSR count). The molecule has 0 aromatic rings. The largest absolute Gasteiger partial charge is 0.480 e. The van der Waals surface area contributed by atoms with Gasteiger partial charge in [0.1, 0.15) is 13.2 Å². The van der Waals surface area contributed by atoms with E-state index in [0.717, 1.165) is 6.42 Å². The molecule has 0 bridgehead atoms. The van der Waals surface area contributed by atoms with Gasteiger partial charge in [0, 0.05) is 0 Å². The first-order chi connectivity index (χ1) is 6.20. The van der Waals surface area contributed by atoms with Gasteiger partial charge >= 0.3 is 5.97 Å². The zero-order valence-corrected chi connectivity index (χ0v) is 7.06. The second-order valence-electron chi connectivity index (χ2n) is 2.57. The monoisotopic (exact) mass is 189 g/mol. The first kappa shape index (κ1) is 9.94. The van der Waals surface area contributed by atoms with E-state index in [1.807, 2.05) is 0 Å². The van der Waals surface area contributed by atoms with Gasteiger partial charge in [-0.3, -0.25) is 9.63 Å². The lowest BCUT2D eigenvalue weighted by Crippen LogP contribution is -2.30. The van der Waals surface area contributed by atoms with Crippen molar-refractivity contribution in [1.29, 1.82) is 0 Å². The van der Waals surface area contributed by atoms with Crippen molar-refractivity contribution < 1.29 is 24.3 Å². The van der Waals surface area contributed by atoms with Gasteiger partial charge in [0.05, 0.1) is 13.2 Å². The minimum absolute atomic E-state index is 0.244. The first-order valence-corrected chi connectivity index (χ1v) is 3.93. The molecule has 13 heavy (non-hydrogen) atoms. The number of nitrogens with zero attached hydrogens (tertiary/aromatic N) is 1. The molecular weight excluding hydrogens is 178 g/mol. The molecule has 1 aliphatic rings. The highest BCUT2D eigenvalue weighted by Crippen LogP contribution is 2.03. The van der Waals surface area contributed by atoms with Crippen molar-refractivity contribution in [3.63, 3.8) is 0 Å². The summed E-state index contributed by atoms with van der Waals surface area (Å²) in [7, 11) is 0. The average Bonchev–Trinajstić information content (AvgIpc) is 2.55. The fraction of sp³-hybridized carbons (Fsp3) is 0.714. The Kier molecular flexibility index (Phi) is 3.66. The van der Waals surface area contributed by atoms with Crippen LogP contribution < -0.4 is 0 Å². The van der Waals surface area contributed by atoms with Crippen LogP contribution in [0.2, 0.25) is 0 Å². The molecule has 1 N–H and O–H groups in total. The van der Waals surface area contributed by atoms with Gasteiger partial charge in [0.2, 0.25) is 0 Å². The number of hydrogen-bond donors (Lipinski definition) is 1. The Labute approximate surface area is 75.0 Å². The zero-order chi connectivity index (χ0) is 9.68. The van der Waals surface area contributed by atoms with Gasteiger partial charge < -0.3 is 9.84 Å². The Morgan fingerprint density at radius 3 is 2.77 bits per heavy atom. The van der Waals surface area contributed by atoms with Crippen molar-refractivity contribution in [2.45, 2.75) is 6.42 Å². The summed E-state index contributed by atoms with van der Waals surface area (Å²) in [6, 6.07) is 0. The van der Waals surface area contributed by atoms with E-state index in [1.54, 1.807) is 0 Å². The van der Waals surface area contributed by atoms with Gasteiger partial charge in [0.15, 0.2) is 0 Å². The van der Waals surface area contributed by atoms with Gasteiger partial charge in [0.25, 0.3) is 5.91 Å². The van der Waals surface area contributed by atoms with Crippen LogP contribution in [0.15, 0.2) is 0 Å². The molecule has 0 unspecified atom stereocenters. The molecule has 0 spiro atoms. The van der Waals surface area contributed by atoms with Crippen LogP contribution in [0, 0.1) is 0 Å². The zero-order valence-electron chi connectivity index (χ0n) is 7.06. The molecule has 0 saturated carbocycles. The maximum atomic E-state index is 11.1. The summed E-state index contributed by atoms with van der Waals surface area (Å²) in [4.78, 5) is 26.1. The van der Waals surface area contributed by atoms with Crippen molar-refractivity contribution in [1.82, 2.24) is 5.06 Å². The lowest BCUT2D eigenvalue weighted by molar-refractivity contribution is -0.174. The van der Waals surface area contributed by atoms with Crippen molar-refractivity contribution in [2.75, 3.05) is 26.4 Å². The predicted octanol–water partition coefficient (Wildman–Crippen LogP) is -0.748. The van der Waals surface area contributed by atoms with E-state index in [2.05, 4.69) is 4.74 Å². The Hall–Kier alpha value is -1.14. The van der Waals surface area contributed by atoms with E-state index in [0.29, 0.717) is 13.2 Å². The quantitative estimate of drug-likeness (QED) is 0.629. The number of carboxylic acid groups (broad SMARTS) is 1. The molecule has 0 atom stereocenters. The number of rotatable bonds is 4. The highest BCUT2D eigenvalue weighted by Gasteiger charge is 2.19. The molecule has 1 aliphatic heterocycles. The van der Waals surface area contributed by atoms with Crippen LogP contribution in [0.5, 0.6) is 0 Å². The highest BCUT2D eigenvalue weighted by molar-refractivity contribution is 5.77. The maximum Gasteiger partial charge on any atom is 0.329 e. The van der Waals surface area contributed by atoms with Crippen LogP contribution in [0.3, 0.4) is 0 Å². The number of carbonyl (C=O) groups excluding carboxylic acids is 1. The molecule has 6 nitrogen and oxygen atoms in total. The third-order valence-corrected chi connectivity index (χ3v) is 1.48. The van der Waals surface area contributed by atoms with E-state index >= 15 is 0 Å². The van der Waals surface area contributed by atoms with Gasteiger partial charge in [-0.15, -0.1) is 0 Å². The van der Waals surface area contributed by atoms with Gasteiger partial charge in [-0.1, -0.05) is 0 Å². The Bertz CT molecular complexity index is 199. The van der Waals surface area contributed by atoms with Gasteiger partial charge in [-0.25, -0.2) is 9.86 Å². The third kappa shape index (κ3) is 3.39. The molecule has 0 aliphatic carbocycles. The molecule has 0 radical (unpaired) electrons. The van der Waals surface area contributed by atoms with Crippen LogP contribution in [-0.4, -0.2) is 48.4 Å². The van der Waals surface area contributed by atoms with Crippen molar-refractivity contribution >= 4 is 11.9 Å². The third-order valence-electron chi connectivity index (χ3n) is 1.48. The Balaban J connectivity index is 2.13. The summed E-state index contributed by atoms with van der Waals surface area (Å²) in [6.07, 6.45) is 0.810. The van der Waals surface area contributed by atoms with E-state index in [4.69, 9.17) is 9.94 Å². The summed E-state index contributed by atoms with van der Waals surface area (Å²) >= 11 is 0. The van der Waals surface area contributed by atoms with Crippen LogP contribution in [-0.2, 0) is 19.2 Å². The smallest absolute Gasteiger partial charge is 0.329 e. The molecule has 1 amide bonds. The Morgan fingerprint density at radius 1 is 1.46 bits per heavy atom. The number of ether oxygens (including phenoxy) is 1. The topological polar surface area (TPSA) is 76.1 Å². The lowest BCUT2D eigenvalue weighted by Gasteiger charge is -2.12. The molecule has 0 aromatic carbocycles. The van der Waals surface area contributed by atoms with Crippen LogP contribution >= 0.6 is 0 Å². The summed E-state index contributed by atoms with van der Waals surface area (Å²) in [6.45, 7) is 0.381. The number of hydrogen-bond acceptors (Lipinski definition) is 4. The summed E-state index contributed by atoms with van der Waals surface area (Å²) in [5.74, 6) is -1.42. The fourth-order valence-electron chi connectivity index (χ4n) is 0.942. The number of carbonyl (C=O) groups is 2. The van der Waals surface area contributed by atoms with Crippen LogP contribution in [0.1, 0.15) is 6.42 Å². The van der Waals surface area contributed by atoms with Crippen LogP contribution in [0.4, 0.5) is 0 Å². The molecule has 1 saturated heterocycles. The predicted molar refractivity (Wildman–Crippen MR) is 40.7 cm³/mol. The Morgan fingerprint density at radius 2 is 2.23 bits per heavy atom. The molecule has 1 fully saturated rings. The number of carboxylic acids is 1. The first-order valence-electron chi connectivity index (χ1n) is 3.93. The minimum atomic E-state index is -1.09. The molecule has 1 heterocycles. The van der Waals surface area contributed by atoms with E-state index in [9.17, 15) is 9.59 Å². The van der Waals surface area contributed by atoms with E-state index in [-0.39, 0.29) is 12.5 Å². The number of amides is 1. The average molecular weight is 189 g/mol. The second-order valence-corrected chi connectivity index (χ2v) is 2.57. The standard InChI is InChI=1S/C7H11NO5/c9-6(4-12-5-7(10)11)8-2-1-3-13-8/h1-5H2,(H,10,11). The lowest BCUT2D eigenvalue weighted by atomic mass is 10.5. The van der Waals surface area contributed by atoms with Crippen LogP contribution in [0.25, 0.3) is 0 Å². The number of aliphatic carboxylic acids is 1. The molecule has 0 aromatic heterocycles. The summed E-state index contributed by atoms with van der Waals surface area (Å²) in [5.41, 5.74) is 0. The maximum absolute atomic E-state index is 11.1. The second kappa shape index (κ2) is 4.78. The van der Waals surface area contributed by atoms with Crippen molar-refractivity contribution in [2.24, 2.45) is 0 Å². The normalized spacial score (nSPS) is 16.2. The van der Waals surface area contributed by atoms with Crippen molar-refractivity contribution in [3.8, 4) is 0 Å². The fourth-order valence-corrected chi connectivity index (χ4v) is 0.942. The minimum Gasteiger partial charge on any atom is -0.480 e. The summed E-state index contributed by atoms with van der Waals surface area (Å²) in [5, 5.41) is 9.41. The van der Waals surface area contributed by atoms with E-state index < -0.39 is 12.6 Å².